The summed E-state index contributed by atoms with van der Waals surface area (Å²) in [5, 5.41) is 0. The summed E-state index contributed by atoms with van der Waals surface area (Å²) in [6.45, 7) is 0.329. The topological polar surface area (TPSA) is 35.2 Å². The molecule has 2 rings (SSSR count). The van der Waals surface area contributed by atoms with Crippen LogP contribution < -0.4 is 10.5 Å². The quantitative estimate of drug-likeness (QED) is 0.674. The van der Waals surface area contributed by atoms with E-state index >= 15 is 0 Å². The van der Waals surface area contributed by atoms with Crippen molar-refractivity contribution in [2.45, 2.75) is 11.5 Å². The largest absolute Gasteiger partial charge is 0.489 e. The predicted octanol–water partition coefficient (Wildman–Crippen LogP) is 3.71. The number of hydrogen-bond donors (Lipinski definition) is 1. The standard InChI is InChI=1S/C14H14FNOS/c1-18-12-5-3-11(4-6-12)17-9-10-2-7-14(16)13(15)8-10/h2-8H,9,16H2,1H3. The molecule has 0 unspecified atom stereocenters. The molecular weight excluding hydrogens is 249 g/mol. The van der Waals surface area contributed by atoms with Gasteiger partial charge in [0.1, 0.15) is 18.2 Å². The fourth-order valence-corrected chi connectivity index (χ4v) is 1.91. The van der Waals surface area contributed by atoms with Gasteiger partial charge in [0.2, 0.25) is 0 Å². The minimum absolute atomic E-state index is 0.156. The minimum Gasteiger partial charge on any atom is -0.489 e. The third-order valence-corrected chi connectivity index (χ3v) is 3.27. The zero-order chi connectivity index (χ0) is 13.0. The molecule has 0 aromatic heterocycles. The average molecular weight is 263 g/mol. The van der Waals surface area contributed by atoms with Crippen LogP contribution in [-0.2, 0) is 6.61 Å². The Morgan fingerprint density at radius 2 is 1.89 bits per heavy atom. The highest BCUT2D eigenvalue weighted by Gasteiger charge is 2.01. The van der Waals surface area contributed by atoms with Crippen LogP contribution in [0.4, 0.5) is 10.1 Å². The minimum atomic E-state index is -0.408. The van der Waals surface area contributed by atoms with E-state index in [0.717, 1.165) is 11.3 Å². The zero-order valence-electron chi connectivity index (χ0n) is 10.0. The molecule has 0 fully saturated rings. The normalized spacial score (nSPS) is 10.3. The molecule has 2 nitrogen and oxygen atoms in total. The van der Waals surface area contributed by atoms with Crippen LogP contribution in [0.5, 0.6) is 5.75 Å². The van der Waals surface area contributed by atoms with E-state index in [0.29, 0.717) is 6.61 Å². The highest BCUT2D eigenvalue weighted by atomic mass is 32.2. The molecular formula is C14H14FNOS. The van der Waals surface area contributed by atoms with Gasteiger partial charge in [0, 0.05) is 4.90 Å². The van der Waals surface area contributed by atoms with E-state index in [9.17, 15) is 4.39 Å². The van der Waals surface area contributed by atoms with Crippen LogP contribution in [0, 0.1) is 5.82 Å². The molecule has 0 aliphatic carbocycles. The lowest BCUT2D eigenvalue weighted by atomic mass is 10.2. The number of ether oxygens (including phenoxy) is 1. The van der Waals surface area contributed by atoms with Gasteiger partial charge < -0.3 is 10.5 Å². The Kier molecular flexibility index (Phi) is 4.10. The molecule has 2 N–H and O–H groups in total. The number of rotatable bonds is 4. The van der Waals surface area contributed by atoms with Crippen molar-refractivity contribution in [2.24, 2.45) is 0 Å². The van der Waals surface area contributed by atoms with Crippen LogP contribution >= 0.6 is 11.8 Å². The van der Waals surface area contributed by atoms with Crippen molar-refractivity contribution in [1.29, 1.82) is 0 Å². The van der Waals surface area contributed by atoms with Gasteiger partial charge in [-0.25, -0.2) is 4.39 Å². The summed E-state index contributed by atoms with van der Waals surface area (Å²) >= 11 is 1.68. The van der Waals surface area contributed by atoms with E-state index in [-0.39, 0.29) is 5.69 Å². The lowest BCUT2D eigenvalue weighted by Gasteiger charge is -2.07. The van der Waals surface area contributed by atoms with E-state index in [4.69, 9.17) is 10.5 Å². The van der Waals surface area contributed by atoms with Crippen LogP contribution in [-0.4, -0.2) is 6.26 Å². The highest BCUT2D eigenvalue weighted by molar-refractivity contribution is 7.98. The van der Waals surface area contributed by atoms with Crippen molar-refractivity contribution in [2.75, 3.05) is 12.0 Å². The van der Waals surface area contributed by atoms with Crippen LogP contribution in [0.15, 0.2) is 47.4 Å². The number of nitrogen functional groups attached to an aromatic ring is 1. The van der Waals surface area contributed by atoms with Gasteiger partial charge in [-0.05, 0) is 48.2 Å². The molecule has 2 aromatic carbocycles. The van der Waals surface area contributed by atoms with Crippen LogP contribution in [0.25, 0.3) is 0 Å². The Morgan fingerprint density at radius 3 is 2.50 bits per heavy atom. The van der Waals surface area contributed by atoms with Gasteiger partial charge in [0.15, 0.2) is 0 Å². The number of nitrogens with two attached hydrogens (primary N) is 1. The fourth-order valence-electron chi connectivity index (χ4n) is 1.50. The molecule has 4 heteroatoms. The second-order valence-electron chi connectivity index (χ2n) is 3.82. The zero-order valence-corrected chi connectivity index (χ0v) is 10.8. The third-order valence-electron chi connectivity index (χ3n) is 2.53. The van der Waals surface area contributed by atoms with E-state index < -0.39 is 5.82 Å². The van der Waals surface area contributed by atoms with Crippen molar-refractivity contribution in [3.63, 3.8) is 0 Å². The first-order valence-corrected chi connectivity index (χ1v) is 6.72. The third kappa shape index (κ3) is 3.17. The van der Waals surface area contributed by atoms with Crippen LogP contribution in [0.1, 0.15) is 5.56 Å². The first kappa shape index (κ1) is 12.8. The summed E-state index contributed by atoms with van der Waals surface area (Å²) in [6, 6.07) is 12.5. The number of thioether (sulfide) groups is 1. The number of halogens is 1. The molecule has 94 valence electrons. The Morgan fingerprint density at radius 1 is 1.17 bits per heavy atom. The van der Waals surface area contributed by atoms with Crippen molar-refractivity contribution < 1.29 is 9.13 Å². The van der Waals surface area contributed by atoms with Gasteiger partial charge in [0.25, 0.3) is 0 Å². The van der Waals surface area contributed by atoms with Crippen molar-refractivity contribution >= 4 is 17.4 Å². The van der Waals surface area contributed by atoms with Crippen molar-refractivity contribution in [3.05, 3.63) is 53.8 Å². The summed E-state index contributed by atoms with van der Waals surface area (Å²) < 4.78 is 18.8. The molecule has 0 aliphatic heterocycles. The highest BCUT2D eigenvalue weighted by Crippen LogP contribution is 2.20. The molecule has 18 heavy (non-hydrogen) atoms. The number of anilines is 1. The molecule has 0 heterocycles. The Labute approximate surface area is 110 Å². The van der Waals surface area contributed by atoms with Crippen LogP contribution in [0.2, 0.25) is 0 Å². The number of hydrogen-bond acceptors (Lipinski definition) is 3. The van der Waals surface area contributed by atoms with Gasteiger partial charge in [-0.3, -0.25) is 0 Å². The number of benzene rings is 2. The Bertz CT molecular complexity index is 528. The summed E-state index contributed by atoms with van der Waals surface area (Å²) in [4.78, 5) is 1.18. The van der Waals surface area contributed by atoms with Gasteiger partial charge in [-0.15, -0.1) is 11.8 Å². The molecule has 0 amide bonds. The lowest BCUT2D eigenvalue weighted by Crippen LogP contribution is -1.98. The van der Waals surface area contributed by atoms with E-state index in [1.54, 1.807) is 23.9 Å². The van der Waals surface area contributed by atoms with Gasteiger partial charge in [-0.2, -0.15) is 0 Å². The Balaban J connectivity index is 1.99. The molecule has 0 spiro atoms. The second kappa shape index (κ2) is 5.78. The van der Waals surface area contributed by atoms with E-state index in [2.05, 4.69) is 0 Å². The summed E-state index contributed by atoms with van der Waals surface area (Å²) in [5.74, 6) is 0.360. The van der Waals surface area contributed by atoms with E-state index in [1.807, 2.05) is 30.5 Å². The SMILES string of the molecule is CSc1ccc(OCc2ccc(N)c(F)c2)cc1. The molecule has 0 radical (unpaired) electrons. The molecule has 0 saturated heterocycles. The molecule has 0 atom stereocenters. The average Bonchev–Trinajstić information content (AvgIpc) is 2.41. The molecule has 2 aromatic rings. The summed E-state index contributed by atoms with van der Waals surface area (Å²) in [7, 11) is 0. The summed E-state index contributed by atoms with van der Waals surface area (Å²) in [6.07, 6.45) is 2.02. The molecule has 0 aliphatic rings. The Hall–Kier alpha value is -1.68. The second-order valence-corrected chi connectivity index (χ2v) is 4.70. The first-order chi connectivity index (χ1) is 8.69. The predicted molar refractivity (Wildman–Crippen MR) is 73.4 cm³/mol. The van der Waals surface area contributed by atoms with Gasteiger partial charge >= 0.3 is 0 Å². The maximum absolute atomic E-state index is 13.2. The van der Waals surface area contributed by atoms with Gasteiger partial charge in [-0.1, -0.05) is 6.07 Å². The van der Waals surface area contributed by atoms with Gasteiger partial charge in [0.05, 0.1) is 5.69 Å². The maximum Gasteiger partial charge on any atom is 0.146 e. The smallest absolute Gasteiger partial charge is 0.146 e. The van der Waals surface area contributed by atoms with Crippen molar-refractivity contribution in [1.82, 2.24) is 0 Å². The van der Waals surface area contributed by atoms with Crippen molar-refractivity contribution in [3.8, 4) is 5.75 Å². The molecule has 0 saturated carbocycles. The maximum atomic E-state index is 13.2. The monoisotopic (exact) mass is 263 g/mol. The lowest BCUT2D eigenvalue weighted by molar-refractivity contribution is 0.305. The van der Waals surface area contributed by atoms with Crippen LogP contribution in [0.3, 0.4) is 0 Å². The van der Waals surface area contributed by atoms with E-state index in [1.165, 1.54) is 11.0 Å². The fraction of sp³-hybridized carbons (Fsp3) is 0.143. The molecule has 0 bridgehead atoms. The summed E-state index contributed by atoms with van der Waals surface area (Å²) in [5.41, 5.74) is 6.33. The first-order valence-electron chi connectivity index (χ1n) is 5.50.